The van der Waals surface area contributed by atoms with Crippen LogP contribution in [0.25, 0.3) is 0 Å². The molecule has 1 unspecified atom stereocenters. The van der Waals surface area contributed by atoms with Crippen LogP contribution in [0.1, 0.15) is 45.7 Å². The van der Waals surface area contributed by atoms with Gasteiger partial charge in [-0.25, -0.2) is 0 Å². The van der Waals surface area contributed by atoms with Gasteiger partial charge >= 0.3 is 0 Å². The zero-order valence-electron chi connectivity index (χ0n) is 12.7. The largest absolute Gasteiger partial charge is 0.314 e. The summed E-state index contributed by atoms with van der Waals surface area (Å²) in [6.07, 6.45) is 2.36. The normalized spacial score (nSPS) is 13.3. The van der Waals surface area contributed by atoms with Gasteiger partial charge in [-0.1, -0.05) is 58.9 Å². The molecule has 1 atom stereocenters. The first-order valence-electron chi connectivity index (χ1n) is 7.28. The van der Waals surface area contributed by atoms with E-state index in [0.717, 1.165) is 12.5 Å². The van der Waals surface area contributed by atoms with Crippen molar-refractivity contribution in [2.24, 2.45) is 11.8 Å². The number of nitrogens with one attached hydrogen (secondary N) is 1. The summed E-state index contributed by atoms with van der Waals surface area (Å²) in [6.45, 7) is 12.4. The summed E-state index contributed by atoms with van der Waals surface area (Å²) in [7, 11) is 0. The molecule has 0 saturated heterocycles. The predicted molar refractivity (Wildman–Crippen MR) is 81.0 cm³/mol. The van der Waals surface area contributed by atoms with Crippen LogP contribution in [-0.2, 0) is 12.8 Å². The maximum atomic E-state index is 3.51. The van der Waals surface area contributed by atoms with Gasteiger partial charge in [0.2, 0.25) is 0 Å². The summed E-state index contributed by atoms with van der Waals surface area (Å²) >= 11 is 0. The second-order valence-electron chi connectivity index (χ2n) is 6.29. The van der Waals surface area contributed by atoms with Gasteiger partial charge in [0.05, 0.1) is 0 Å². The second kappa shape index (κ2) is 7.58. The fourth-order valence-electron chi connectivity index (χ4n) is 2.27. The van der Waals surface area contributed by atoms with Crippen LogP contribution in [0, 0.1) is 11.8 Å². The average molecular weight is 247 g/mol. The molecule has 0 bridgehead atoms. The van der Waals surface area contributed by atoms with Crippen molar-refractivity contribution in [1.82, 2.24) is 5.32 Å². The Labute approximate surface area is 113 Å². The van der Waals surface area contributed by atoms with Crippen LogP contribution < -0.4 is 5.32 Å². The molecule has 0 aliphatic heterocycles. The molecule has 0 amide bonds. The van der Waals surface area contributed by atoms with Crippen molar-refractivity contribution in [3.8, 4) is 0 Å². The van der Waals surface area contributed by atoms with Gasteiger partial charge in [0, 0.05) is 6.04 Å². The van der Waals surface area contributed by atoms with Gasteiger partial charge < -0.3 is 5.32 Å². The Balaban J connectivity index is 2.50. The van der Waals surface area contributed by atoms with E-state index in [1.165, 1.54) is 24.0 Å². The Bertz CT molecular complexity index is 341. The molecule has 18 heavy (non-hydrogen) atoms. The number of hydrogen-bond donors (Lipinski definition) is 1. The highest BCUT2D eigenvalue weighted by molar-refractivity contribution is 5.24. The summed E-state index contributed by atoms with van der Waals surface area (Å²) in [5, 5.41) is 3.51. The summed E-state index contributed by atoms with van der Waals surface area (Å²) in [5.74, 6) is 1.43. The molecule has 102 valence electrons. The zero-order valence-corrected chi connectivity index (χ0v) is 12.7. The van der Waals surface area contributed by atoms with E-state index in [-0.39, 0.29) is 0 Å². The van der Waals surface area contributed by atoms with Gasteiger partial charge in [0.15, 0.2) is 0 Å². The first-order chi connectivity index (χ1) is 8.47. The minimum atomic E-state index is 0.583. The fourth-order valence-corrected chi connectivity index (χ4v) is 2.27. The molecular weight excluding hydrogens is 218 g/mol. The molecule has 0 aliphatic rings. The summed E-state index contributed by atoms with van der Waals surface area (Å²) in [4.78, 5) is 0. The lowest BCUT2D eigenvalue weighted by atomic mass is 9.96. The molecule has 0 saturated carbocycles. The highest BCUT2D eigenvalue weighted by Gasteiger charge is 2.05. The SMILES string of the molecule is CC(C)Cc1cccc(CC(C)CNC(C)C)c1. The van der Waals surface area contributed by atoms with E-state index < -0.39 is 0 Å². The van der Waals surface area contributed by atoms with Crippen molar-refractivity contribution in [1.29, 1.82) is 0 Å². The molecule has 1 aromatic carbocycles. The first kappa shape index (κ1) is 15.2. The lowest BCUT2D eigenvalue weighted by Gasteiger charge is -2.15. The highest BCUT2D eigenvalue weighted by atomic mass is 14.9. The minimum Gasteiger partial charge on any atom is -0.314 e. The van der Waals surface area contributed by atoms with Crippen LogP contribution in [0.15, 0.2) is 24.3 Å². The topological polar surface area (TPSA) is 12.0 Å². The van der Waals surface area contributed by atoms with E-state index in [4.69, 9.17) is 0 Å². The van der Waals surface area contributed by atoms with E-state index in [1.54, 1.807) is 0 Å². The van der Waals surface area contributed by atoms with Crippen LogP contribution in [-0.4, -0.2) is 12.6 Å². The third-order valence-corrected chi connectivity index (χ3v) is 3.09. The predicted octanol–water partition coefficient (Wildman–Crippen LogP) is 4.06. The van der Waals surface area contributed by atoms with Crippen molar-refractivity contribution in [3.63, 3.8) is 0 Å². The smallest absolute Gasteiger partial charge is 0.00104 e. The number of rotatable bonds is 7. The van der Waals surface area contributed by atoms with Crippen molar-refractivity contribution >= 4 is 0 Å². The Morgan fingerprint density at radius 3 is 2.11 bits per heavy atom. The molecule has 1 heteroatoms. The molecule has 0 aromatic heterocycles. The number of benzene rings is 1. The van der Waals surface area contributed by atoms with Gasteiger partial charge in [0.25, 0.3) is 0 Å². The molecule has 1 rings (SSSR count). The van der Waals surface area contributed by atoms with E-state index in [0.29, 0.717) is 12.0 Å². The summed E-state index contributed by atoms with van der Waals surface area (Å²) < 4.78 is 0. The number of hydrogen-bond acceptors (Lipinski definition) is 1. The van der Waals surface area contributed by atoms with E-state index >= 15 is 0 Å². The fraction of sp³-hybridized carbons (Fsp3) is 0.647. The van der Waals surface area contributed by atoms with Gasteiger partial charge in [-0.3, -0.25) is 0 Å². The van der Waals surface area contributed by atoms with Gasteiger partial charge in [-0.15, -0.1) is 0 Å². The summed E-state index contributed by atoms with van der Waals surface area (Å²) in [6, 6.07) is 9.68. The van der Waals surface area contributed by atoms with E-state index in [2.05, 4.69) is 64.2 Å². The maximum Gasteiger partial charge on any atom is 0.00104 e. The Kier molecular flexibility index (Phi) is 6.42. The average Bonchev–Trinajstić information content (AvgIpc) is 2.26. The first-order valence-corrected chi connectivity index (χ1v) is 7.28. The van der Waals surface area contributed by atoms with Crippen molar-refractivity contribution < 1.29 is 0 Å². The molecule has 1 nitrogen and oxygen atoms in total. The molecule has 1 aromatic rings. The van der Waals surface area contributed by atoms with Crippen LogP contribution in [0.5, 0.6) is 0 Å². The van der Waals surface area contributed by atoms with Crippen LogP contribution in [0.4, 0.5) is 0 Å². The monoisotopic (exact) mass is 247 g/mol. The second-order valence-corrected chi connectivity index (χ2v) is 6.29. The van der Waals surface area contributed by atoms with E-state index in [9.17, 15) is 0 Å². The van der Waals surface area contributed by atoms with Gasteiger partial charge in [-0.05, 0) is 42.3 Å². The third kappa shape index (κ3) is 6.20. The zero-order chi connectivity index (χ0) is 13.5. The Morgan fingerprint density at radius 1 is 0.944 bits per heavy atom. The van der Waals surface area contributed by atoms with Gasteiger partial charge in [-0.2, -0.15) is 0 Å². The maximum absolute atomic E-state index is 3.51. The highest BCUT2D eigenvalue weighted by Crippen LogP contribution is 2.13. The summed E-state index contributed by atoms with van der Waals surface area (Å²) in [5.41, 5.74) is 2.96. The molecule has 1 N–H and O–H groups in total. The van der Waals surface area contributed by atoms with Gasteiger partial charge in [0.1, 0.15) is 0 Å². The Morgan fingerprint density at radius 2 is 1.56 bits per heavy atom. The molecule has 0 radical (unpaired) electrons. The molecule has 0 fully saturated rings. The molecular formula is C17H29N. The third-order valence-electron chi connectivity index (χ3n) is 3.09. The standard InChI is InChI=1S/C17H29N/c1-13(2)9-16-7-6-8-17(11-16)10-15(5)12-18-14(3)4/h6-8,11,13-15,18H,9-10,12H2,1-5H3. The van der Waals surface area contributed by atoms with Crippen molar-refractivity contribution in [2.75, 3.05) is 6.54 Å². The molecule has 0 heterocycles. The minimum absolute atomic E-state index is 0.583. The van der Waals surface area contributed by atoms with Crippen LogP contribution >= 0.6 is 0 Å². The van der Waals surface area contributed by atoms with Crippen LogP contribution in [0.3, 0.4) is 0 Å². The Hall–Kier alpha value is -0.820. The van der Waals surface area contributed by atoms with Crippen molar-refractivity contribution in [2.45, 2.75) is 53.5 Å². The molecule has 0 aliphatic carbocycles. The lowest BCUT2D eigenvalue weighted by molar-refractivity contribution is 0.475. The quantitative estimate of drug-likeness (QED) is 0.766. The van der Waals surface area contributed by atoms with Crippen LogP contribution in [0.2, 0.25) is 0 Å². The van der Waals surface area contributed by atoms with Crippen molar-refractivity contribution in [3.05, 3.63) is 35.4 Å². The molecule has 0 spiro atoms. The lowest BCUT2D eigenvalue weighted by Crippen LogP contribution is -2.28. The van der Waals surface area contributed by atoms with E-state index in [1.807, 2.05) is 0 Å².